The Morgan fingerprint density at radius 1 is 1.19 bits per heavy atom. The second-order valence-corrected chi connectivity index (χ2v) is 8.46. The molecule has 0 saturated heterocycles. The van der Waals surface area contributed by atoms with Gasteiger partial charge in [0.1, 0.15) is 11.6 Å². The highest BCUT2D eigenvalue weighted by atomic mass is 32.2. The van der Waals surface area contributed by atoms with Crippen LogP contribution >= 0.6 is 11.8 Å². The lowest BCUT2D eigenvalue weighted by Gasteiger charge is -2.23. The van der Waals surface area contributed by atoms with E-state index in [1.165, 1.54) is 5.56 Å². The van der Waals surface area contributed by atoms with Crippen molar-refractivity contribution >= 4 is 23.8 Å². The van der Waals surface area contributed by atoms with E-state index in [1.807, 2.05) is 18.2 Å². The van der Waals surface area contributed by atoms with Crippen molar-refractivity contribution in [2.24, 2.45) is 0 Å². The maximum atomic E-state index is 12.5. The van der Waals surface area contributed by atoms with Crippen molar-refractivity contribution in [2.45, 2.75) is 58.6 Å². The van der Waals surface area contributed by atoms with Gasteiger partial charge in [-0.3, -0.25) is 4.79 Å². The summed E-state index contributed by atoms with van der Waals surface area (Å²) in [6.07, 6.45) is 1.81. The van der Waals surface area contributed by atoms with Crippen LogP contribution in [-0.4, -0.2) is 41.7 Å². The molecule has 0 saturated carbocycles. The molecule has 0 radical (unpaired) electrons. The Morgan fingerprint density at radius 3 is 2.50 bits per heavy atom. The van der Waals surface area contributed by atoms with E-state index in [0.717, 1.165) is 24.3 Å². The lowest BCUT2D eigenvalue weighted by molar-refractivity contribution is -0.123. The van der Waals surface area contributed by atoms with E-state index in [0.29, 0.717) is 13.0 Å². The van der Waals surface area contributed by atoms with E-state index in [4.69, 9.17) is 4.74 Å². The van der Waals surface area contributed by atoms with E-state index >= 15 is 0 Å². The molecule has 1 atom stereocenters. The average Bonchev–Trinajstić information content (AvgIpc) is 2.57. The van der Waals surface area contributed by atoms with E-state index in [9.17, 15) is 9.59 Å². The highest BCUT2D eigenvalue weighted by Crippen LogP contribution is 2.09. The van der Waals surface area contributed by atoms with Crippen molar-refractivity contribution in [1.82, 2.24) is 10.6 Å². The number of thioether (sulfide) groups is 1. The number of amides is 2. The maximum absolute atomic E-state index is 12.5. The first-order chi connectivity index (χ1) is 12.3. The number of nitrogens with one attached hydrogen (secondary N) is 2. The van der Waals surface area contributed by atoms with Crippen molar-refractivity contribution in [3.63, 3.8) is 0 Å². The summed E-state index contributed by atoms with van der Waals surface area (Å²) in [6.45, 7) is 8.07. The molecule has 26 heavy (non-hydrogen) atoms. The summed E-state index contributed by atoms with van der Waals surface area (Å²) >= 11 is 1.75. The molecule has 0 fully saturated rings. The second-order valence-electron chi connectivity index (χ2n) is 7.06. The molecule has 0 heterocycles. The summed E-state index contributed by atoms with van der Waals surface area (Å²) in [5.74, 6) is 1.65. The van der Waals surface area contributed by atoms with Crippen LogP contribution in [0.4, 0.5) is 4.79 Å². The number of rotatable bonds is 10. The minimum Gasteiger partial charge on any atom is -0.444 e. The van der Waals surface area contributed by atoms with Crippen LogP contribution in [0.3, 0.4) is 0 Å². The smallest absolute Gasteiger partial charge is 0.408 e. The number of ether oxygens (including phenoxy) is 1. The predicted molar refractivity (Wildman–Crippen MR) is 109 cm³/mol. The Balaban J connectivity index is 2.45. The predicted octanol–water partition coefficient (Wildman–Crippen LogP) is 3.77. The fourth-order valence-corrected chi connectivity index (χ4v) is 3.03. The quantitative estimate of drug-likeness (QED) is 0.606. The molecule has 5 nitrogen and oxygen atoms in total. The van der Waals surface area contributed by atoms with Crippen LogP contribution in [0.15, 0.2) is 30.3 Å². The van der Waals surface area contributed by atoms with E-state index in [2.05, 4.69) is 29.7 Å². The van der Waals surface area contributed by atoms with E-state index in [1.54, 1.807) is 32.5 Å². The van der Waals surface area contributed by atoms with Crippen molar-refractivity contribution in [3.05, 3.63) is 35.9 Å². The summed E-state index contributed by atoms with van der Waals surface area (Å²) in [7, 11) is 0. The van der Waals surface area contributed by atoms with Crippen LogP contribution in [0.2, 0.25) is 0 Å². The Labute approximate surface area is 161 Å². The number of hydrogen-bond acceptors (Lipinski definition) is 4. The number of hydrogen-bond donors (Lipinski definition) is 2. The Bertz CT molecular complexity index is 544. The number of benzene rings is 1. The molecule has 0 unspecified atom stereocenters. The van der Waals surface area contributed by atoms with Gasteiger partial charge in [-0.15, -0.1) is 0 Å². The van der Waals surface area contributed by atoms with Crippen molar-refractivity contribution in [1.29, 1.82) is 0 Å². The molecule has 1 rings (SSSR count). The van der Waals surface area contributed by atoms with Crippen LogP contribution in [0, 0.1) is 0 Å². The first kappa shape index (κ1) is 22.4. The van der Waals surface area contributed by atoms with Gasteiger partial charge >= 0.3 is 6.09 Å². The van der Waals surface area contributed by atoms with Gasteiger partial charge in [-0.25, -0.2) is 4.79 Å². The molecule has 146 valence electrons. The number of aryl methyl sites for hydroxylation is 1. The molecule has 6 heteroatoms. The molecule has 0 aromatic heterocycles. The van der Waals surface area contributed by atoms with Gasteiger partial charge in [0.25, 0.3) is 0 Å². The second kappa shape index (κ2) is 11.8. The summed E-state index contributed by atoms with van der Waals surface area (Å²) in [6, 6.07) is 9.61. The minimum absolute atomic E-state index is 0.152. The molecule has 0 aliphatic rings. The Kier molecular flexibility index (Phi) is 10.2. The Hall–Kier alpha value is -1.69. The van der Waals surface area contributed by atoms with Gasteiger partial charge in [-0.1, -0.05) is 37.3 Å². The monoisotopic (exact) mass is 380 g/mol. The third-order valence-electron chi connectivity index (χ3n) is 3.55. The lowest BCUT2D eigenvalue weighted by Crippen LogP contribution is -2.48. The van der Waals surface area contributed by atoms with E-state index < -0.39 is 17.7 Å². The SMILES string of the molecule is CCSCC[C@@H](NC(=O)OC(C)(C)C)C(=O)NCCCc1ccccc1. The molecule has 0 spiro atoms. The zero-order valence-corrected chi connectivity index (χ0v) is 17.2. The molecular weight excluding hydrogens is 348 g/mol. The summed E-state index contributed by atoms with van der Waals surface area (Å²) in [5, 5.41) is 5.63. The summed E-state index contributed by atoms with van der Waals surface area (Å²) in [4.78, 5) is 24.5. The molecule has 0 aliphatic carbocycles. The topological polar surface area (TPSA) is 67.4 Å². The zero-order valence-electron chi connectivity index (χ0n) is 16.3. The highest BCUT2D eigenvalue weighted by molar-refractivity contribution is 7.99. The van der Waals surface area contributed by atoms with Gasteiger partial charge in [-0.2, -0.15) is 11.8 Å². The fraction of sp³-hybridized carbons (Fsp3) is 0.600. The summed E-state index contributed by atoms with van der Waals surface area (Å²) < 4.78 is 5.27. The van der Waals surface area contributed by atoms with Gasteiger partial charge in [0, 0.05) is 6.54 Å². The fourth-order valence-electron chi connectivity index (χ4n) is 2.34. The van der Waals surface area contributed by atoms with E-state index in [-0.39, 0.29) is 5.91 Å². The van der Waals surface area contributed by atoms with Gasteiger partial charge in [-0.05, 0) is 57.1 Å². The van der Waals surface area contributed by atoms with Crippen molar-refractivity contribution < 1.29 is 14.3 Å². The van der Waals surface area contributed by atoms with Crippen molar-refractivity contribution in [2.75, 3.05) is 18.1 Å². The van der Waals surface area contributed by atoms with Crippen molar-refractivity contribution in [3.8, 4) is 0 Å². The van der Waals surface area contributed by atoms with Gasteiger partial charge in [0.15, 0.2) is 0 Å². The lowest BCUT2D eigenvalue weighted by atomic mass is 10.1. The molecule has 1 aromatic rings. The van der Waals surface area contributed by atoms with Crippen LogP contribution in [0.5, 0.6) is 0 Å². The third kappa shape index (κ3) is 10.3. The van der Waals surface area contributed by atoms with Crippen LogP contribution in [0.1, 0.15) is 46.1 Å². The largest absolute Gasteiger partial charge is 0.444 e. The molecule has 1 aromatic carbocycles. The van der Waals surface area contributed by atoms with Gasteiger partial charge in [0.2, 0.25) is 5.91 Å². The molecule has 2 amide bonds. The summed E-state index contributed by atoms with van der Waals surface area (Å²) in [5.41, 5.74) is 0.670. The van der Waals surface area contributed by atoms with Gasteiger partial charge < -0.3 is 15.4 Å². The van der Waals surface area contributed by atoms with Crippen LogP contribution in [0.25, 0.3) is 0 Å². The standard InChI is InChI=1S/C20H32N2O3S/c1-5-26-15-13-17(22-19(24)25-20(2,3)4)18(23)21-14-9-12-16-10-7-6-8-11-16/h6-8,10-11,17H,5,9,12-15H2,1-4H3,(H,21,23)(H,22,24)/t17-/m1/s1. The minimum atomic E-state index is -0.584. The van der Waals surface area contributed by atoms with Gasteiger partial charge in [0.05, 0.1) is 0 Å². The first-order valence-electron chi connectivity index (χ1n) is 9.20. The molecule has 0 bridgehead atoms. The highest BCUT2D eigenvalue weighted by Gasteiger charge is 2.23. The Morgan fingerprint density at radius 2 is 1.88 bits per heavy atom. The number of carbonyl (C=O) groups is 2. The maximum Gasteiger partial charge on any atom is 0.408 e. The normalized spacial score (nSPS) is 12.3. The number of alkyl carbamates (subject to hydrolysis) is 1. The molecule has 0 aliphatic heterocycles. The number of carbonyl (C=O) groups excluding carboxylic acids is 2. The van der Waals surface area contributed by atoms with Crippen LogP contribution < -0.4 is 10.6 Å². The molecular formula is C20H32N2O3S. The van der Waals surface area contributed by atoms with Crippen LogP contribution in [-0.2, 0) is 16.0 Å². The average molecular weight is 381 g/mol. The molecule has 2 N–H and O–H groups in total. The first-order valence-corrected chi connectivity index (χ1v) is 10.4. The zero-order chi connectivity index (χ0) is 19.4. The third-order valence-corrected chi connectivity index (χ3v) is 4.48.